The summed E-state index contributed by atoms with van der Waals surface area (Å²) in [6.45, 7) is 11.8. The summed E-state index contributed by atoms with van der Waals surface area (Å²) < 4.78 is 0. The summed E-state index contributed by atoms with van der Waals surface area (Å²) in [5.74, 6) is 0. The number of hydrogen-bond donors (Lipinski definition) is 1. The number of aryl methyl sites for hydroxylation is 2. The van der Waals surface area contributed by atoms with Crippen molar-refractivity contribution in [1.29, 1.82) is 0 Å². The first-order valence-corrected chi connectivity index (χ1v) is 6.71. The van der Waals surface area contributed by atoms with Crippen molar-refractivity contribution in [2.45, 2.75) is 47.1 Å². The summed E-state index contributed by atoms with van der Waals surface area (Å²) >= 11 is 1.77. The Labute approximate surface area is 103 Å². The highest BCUT2D eigenvalue weighted by atomic mass is 32.1. The largest absolute Gasteiger partial charge is 0.311 e. The van der Waals surface area contributed by atoms with Crippen molar-refractivity contribution in [3.8, 4) is 0 Å². The molecule has 0 aliphatic rings. The highest BCUT2D eigenvalue weighted by Crippen LogP contribution is 2.21. The number of aromatic nitrogens is 1. The maximum Gasteiger partial charge on any atom is 0.0903 e. The maximum absolute atomic E-state index is 4.44. The lowest BCUT2D eigenvalue weighted by atomic mass is 10.1. The fraction of sp³-hybridized carbons (Fsp3) is 0.615. The van der Waals surface area contributed by atoms with Crippen LogP contribution in [0.2, 0.25) is 0 Å². The van der Waals surface area contributed by atoms with E-state index < -0.39 is 0 Å². The molecule has 0 aromatic carbocycles. The molecule has 1 unspecified atom stereocenters. The summed E-state index contributed by atoms with van der Waals surface area (Å²) in [6.07, 6.45) is 3.43. The van der Waals surface area contributed by atoms with Gasteiger partial charge in [0.25, 0.3) is 0 Å². The maximum atomic E-state index is 4.44. The Kier molecular flexibility index (Phi) is 5.16. The topological polar surface area (TPSA) is 24.9 Å². The highest BCUT2D eigenvalue weighted by molar-refractivity contribution is 7.12. The van der Waals surface area contributed by atoms with Crippen LogP contribution in [0.4, 0.5) is 0 Å². The van der Waals surface area contributed by atoms with Gasteiger partial charge in [0.1, 0.15) is 0 Å². The normalized spacial score (nSPS) is 14.2. The van der Waals surface area contributed by atoms with Crippen LogP contribution in [0.15, 0.2) is 5.57 Å². The summed E-state index contributed by atoms with van der Waals surface area (Å²) in [7, 11) is 0. The Hall–Kier alpha value is -0.670. The fourth-order valence-electron chi connectivity index (χ4n) is 1.53. The second-order valence-corrected chi connectivity index (χ2v) is 5.48. The molecule has 1 N–H and O–H groups in total. The van der Waals surface area contributed by atoms with E-state index in [1.54, 1.807) is 11.3 Å². The predicted molar refractivity (Wildman–Crippen MR) is 73.0 cm³/mol. The van der Waals surface area contributed by atoms with Gasteiger partial charge in [0.05, 0.1) is 15.6 Å². The number of thiazole rings is 1. The number of nitrogens with one attached hydrogen (secondary N) is 1. The van der Waals surface area contributed by atoms with E-state index in [-0.39, 0.29) is 0 Å². The molecular weight excluding hydrogens is 216 g/mol. The first kappa shape index (κ1) is 13.4. The van der Waals surface area contributed by atoms with Gasteiger partial charge in [-0.2, -0.15) is 0 Å². The number of hydrogen-bond acceptors (Lipinski definition) is 3. The van der Waals surface area contributed by atoms with Gasteiger partial charge in [0.2, 0.25) is 0 Å². The van der Waals surface area contributed by atoms with Crippen LogP contribution in [0.3, 0.4) is 0 Å². The first-order chi connectivity index (χ1) is 7.54. The van der Waals surface area contributed by atoms with E-state index in [1.165, 1.54) is 16.9 Å². The van der Waals surface area contributed by atoms with E-state index in [4.69, 9.17) is 0 Å². The van der Waals surface area contributed by atoms with Crippen molar-refractivity contribution in [2.24, 2.45) is 0 Å². The average Bonchev–Trinajstić information content (AvgIpc) is 2.53. The van der Waals surface area contributed by atoms with Crippen LogP contribution in [-0.4, -0.2) is 17.6 Å². The van der Waals surface area contributed by atoms with Crippen LogP contribution in [-0.2, 0) is 0 Å². The van der Waals surface area contributed by atoms with Crippen molar-refractivity contribution in [1.82, 2.24) is 10.3 Å². The van der Waals surface area contributed by atoms with E-state index in [0.29, 0.717) is 6.04 Å². The third-order valence-corrected chi connectivity index (χ3v) is 3.70. The second-order valence-electron chi connectivity index (χ2n) is 4.25. The Morgan fingerprint density at radius 2 is 2.19 bits per heavy atom. The summed E-state index contributed by atoms with van der Waals surface area (Å²) in [5, 5.41) is 4.64. The van der Waals surface area contributed by atoms with E-state index in [9.17, 15) is 0 Å². The van der Waals surface area contributed by atoms with Crippen molar-refractivity contribution >= 4 is 17.4 Å². The van der Waals surface area contributed by atoms with Gasteiger partial charge < -0.3 is 5.32 Å². The molecule has 0 bridgehead atoms. The van der Waals surface area contributed by atoms with Crippen LogP contribution in [0.1, 0.15) is 42.8 Å². The van der Waals surface area contributed by atoms with E-state index in [1.807, 2.05) is 0 Å². The van der Waals surface area contributed by atoms with Crippen molar-refractivity contribution in [2.75, 3.05) is 6.54 Å². The molecule has 1 heterocycles. The molecule has 0 fully saturated rings. The molecule has 1 aromatic heterocycles. The molecule has 1 atom stereocenters. The van der Waals surface area contributed by atoms with Crippen molar-refractivity contribution in [3.05, 3.63) is 21.2 Å². The number of rotatable bonds is 5. The van der Waals surface area contributed by atoms with Crippen LogP contribution >= 0.6 is 11.3 Å². The van der Waals surface area contributed by atoms with Gasteiger partial charge >= 0.3 is 0 Å². The highest BCUT2D eigenvalue weighted by Gasteiger charge is 2.06. The first-order valence-electron chi connectivity index (χ1n) is 5.90. The van der Waals surface area contributed by atoms with Gasteiger partial charge in [-0.05, 0) is 46.7 Å². The molecule has 16 heavy (non-hydrogen) atoms. The lowest BCUT2D eigenvalue weighted by Crippen LogP contribution is -2.27. The van der Waals surface area contributed by atoms with Gasteiger partial charge in [-0.15, -0.1) is 11.3 Å². The second kappa shape index (κ2) is 6.16. The van der Waals surface area contributed by atoms with Crippen LogP contribution in [0.25, 0.3) is 6.08 Å². The molecule has 0 radical (unpaired) electrons. The molecule has 0 saturated carbocycles. The number of nitrogens with zero attached hydrogens (tertiary/aromatic N) is 1. The zero-order valence-electron chi connectivity index (χ0n) is 10.9. The molecule has 0 saturated heterocycles. The van der Waals surface area contributed by atoms with Gasteiger partial charge in [-0.3, -0.25) is 0 Å². The van der Waals surface area contributed by atoms with Gasteiger partial charge in [0, 0.05) is 6.04 Å². The van der Waals surface area contributed by atoms with Gasteiger partial charge in [-0.25, -0.2) is 4.98 Å². The summed E-state index contributed by atoms with van der Waals surface area (Å²) in [5.41, 5.74) is 2.52. The quantitative estimate of drug-likeness (QED) is 0.848. The molecule has 90 valence electrons. The zero-order chi connectivity index (χ0) is 12.1. The molecule has 0 spiro atoms. The van der Waals surface area contributed by atoms with Crippen molar-refractivity contribution in [3.63, 3.8) is 0 Å². The Morgan fingerprint density at radius 3 is 2.69 bits per heavy atom. The third kappa shape index (κ3) is 3.72. The van der Waals surface area contributed by atoms with E-state index >= 15 is 0 Å². The molecule has 0 aliphatic carbocycles. The molecule has 3 heteroatoms. The summed E-state index contributed by atoms with van der Waals surface area (Å²) in [4.78, 5) is 5.73. The minimum Gasteiger partial charge on any atom is -0.311 e. The minimum absolute atomic E-state index is 0.446. The summed E-state index contributed by atoms with van der Waals surface area (Å²) in [6, 6.07) is 0.446. The molecule has 2 nitrogen and oxygen atoms in total. The third-order valence-electron chi connectivity index (χ3n) is 2.68. The molecule has 1 rings (SSSR count). The molecular formula is C13H22N2S. The molecule has 0 aliphatic heterocycles. The van der Waals surface area contributed by atoms with Gasteiger partial charge in [0.15, 0.2) is 0 Å². The lowest BCUT2D eigenvalue weighted by Gasteiger charge is -2.13. The molecule has 0 amide bonds. The zero-order valence-corrected chi connectivity index (χ0v) is 11.7. The Balaban J connectivity index is 2.72. The predicted octanol–water partition coefficient (Wildman–Crippen LogP) is 3.55. The minimum atomic E-state index is 0.446. The van der Waals surface area contributed by atoms with E-state index in [2.05, 4.69) is 51.0 Å². The van der Waals surface area contributed by atoms with Crippen LogP contribution < -0.4 is 5.32 Å². The Bertz CT molecular complexity index is 366. The monoisotopic (exact) mass is 238 g/mol. The van der Waals surface area contributed by atoms with Crippen molar-refractivity contribution < 1.29 is 0 Å². The van der Waals surface area contributed by atoms with Crippen LogP contribution in [0.5, 0.6) is 0 Å². The standard InChI is InChI=1S/C13H22N2S/c1-6-7-14-10(3)9(2)8-13-11(4)15-12(5)16-13/h8,10,14H,6-7H2,1-5H3. The van der Waals surface area contributed by atoms with Crippen LogP contribution in [0, 0.1) is 13.8 Å². The Morgan fingerprint density at radius 1 is 1.50 bits per heavy atom. The smallest absolute Gasteiger partial charge is 0.0903 e. The van der Waals surface area contributed by atoms with Gasteiger partial charge in [-0.1, -0.05) is 12.5 Å². The SMILES string of the molecule is CCCNC(C)C(C)=Cc1sc(C)nc1C. The lowest BCUT2D eigenvalue weighted by molar-refractivity contribution is 0.604. The molecule has 1 aromatic rings. The van der Waals surface area contributed by atoms with E-state index in [0.717, 1.165) is 17.2 Å². The fourth-order valence-corrected chi connectivity index (χ4v) is 2.47. The average molecular weight is 238 g/mol.